The molecule has 1 aliphatic rings. The molecule has 0 amide bonds. The SMILES string of the molecule is CCC(=O)CC1=C(C(C)(C)C)Cc2cnccc21. The summed E-state index contributed by atoms with van der Waals surface area (Å²) >= 11 is 0. The van der Waals surface area contributed by atoms with Crippen LogP contribution < -0.4 is 0 Å². The normalized spacial score (nSPS) is 14.9. The van der Waals surface area contributed by atoms with Gasteiger partial charge in [0.05, 0.1) is 0 Å². The summed E-state index contributed by atoms with van der Waals surface area (Å²) in [6, 6.07) is 2.05. The van der Waals surface area contributed by atoms with E-state index in [9.17, 15) is 4.79 Å². The van der Waals surface area contributed by atoms with Crippen molar-refractivity contribution in [3.8, 4) is 0 Å². The van der Waals surface area contributed by atoms with Crippen LogP contribution in [-0.2, 0) is 11.2 Å². The number of fused-ring (bicyclic) bond motifs is 1. The van der Waals surface area contributed by atoms with Crippen LogP contribution in [0.4, 0.5) is 0 Å². The quantitative estimate of drug-likeness (QED) is 0.808. The lowest BCUT2D eigenvalue weighted by atomic mass is 9.82. The average Bonchev–Trinajstić information content (AvgIpc) is 2.68. The van der Waals surface area contributed by atoms with Gasteiger partial charge in [0.1, 0.15) is 5.78 Å². The van der Waals surface area contributed by atoms with E-state index in [1.165, 1.54) is 22.3 Å². The summed E-state index contributed by atoms with van der Waals surface area (Å²) in [5.41, 5.74) is 5.25. The maximum Gasteiger partial charge on any atom is 0.137 e. The molecule has 96 valence electrons. The molecule has 0 bridgehead atoms. The maximum absolute atomic E-state index is 11.8. The van der Waals surface area contributed by atoms with Crippen molar-refractivity contribution in [3.05, 3.63) is 35.2 Å². The van der Waals surface area contributed by atoms with E-state index in [-0.39, 0.29) is 5.41 Å². The number of ketones is 1. The molecule has 0 aromatic carbocycles. The van der Waals surface area contributed by atoms with E-state index in [4.69, 9.17) is 0 Å². The van der Waals surface area contributed by atoms with E-state index in [2.05, 4.69) is 25.8 Å². The van der Waals surface area contributed by atoms with Crippen molar-refractivity contribution in [2.24, 2.45) is 5.41 Å². The lowest BCUT2D eigenvalue weighted by Crippen LogP contribution is -2.11. The van der Waals surface area contributed by atoms with E-state index in [0.29, 0.717) is 18.6 Å². The molecule has 1 heterocycles. The van der Waals surface area contributed by atoms with Gasteiger partial charge in [0.25, 0.3) is 0 Å². The van der Waals surface area contributed by atoms with Gasteiger partial charge in [-0.05, 0) is 34.6 Å². The molecule has 2 nitrogen and oxygen atoms in total. The predicted molar refractivity (Wildman–Crippen MR) is 74.2 cm³/mol. The number of carbonyl (C=O) groups is 1. The van der Waals surface area contributed by atoms with Crippen molar-refractivity contribution in [3.63, 3.8) is 0 Å². The molecule has 0 aliphatic heterocycles. The fourth-order valence-corrected chi connectivity index (χ4v) is 2.56. The molecule has 18 heavy (non-hydrogen) atoms. The highest BCUT2D eigenvalue weighted by atomic mass is 16.1. The summed E-state index contributed by atoms with van der Waals surface area (Å²) in [4.78, 5) is 16.0. The number of hydrogen-bond acceptors (Lipinski definition) is 2. The molecule has 2 rings (SSSR count). The highest BCUT2D eigenvalue weighted by Crippen LogP contribution is 2.43. The van der Waals surface area contributed by atoms with Crippen molar-refractivity contribution in [2.45, 2.75) is 47.0 Å². The molecule has 2 heteroatoms. The van der Waals surface area contributed by atoms with E-state index in [1.54, 1.807) is 0 Å². The molecular weight excluding hydrogens is 222 g/mol. The van der Waals surface area contributed by atoms with Crippen molar-refractivity contribution in [2.75, 3.05) is 0 Å². The second-order valence-electron chi connectivity index (χ2n) is 5.99. The lowest BCUT2D eigenvalue weighted by Gasteiger charge is -2.22. The van der Waals surface area contributed by atoms with Crippen LogP contribution in [0, 0.1) is 5.41 Å². The smallest absolute Gasteiger partial charge is 0.137 e. The maximum atomic E-state index is 11.8. The highest BCUT2D eigenvalue weighted by molar-refractivity contribution is 5.93. The van der Waals surface area contributed by atoms with Gasteiger partial charge in [0, 0.05) is 25.2 Å². The lowest BCUT2D eigenvalue weighted by molar-refractivity contribution is -0.117. The van der Waals surface area contributed by atoms with Crippen molar-refractivity contribution in [1.82, 2.24) is 4.98 Å². The minimum Gasteiger partial charge on any atom is -0.299 e. The summed E-state index contributed by atoms with van der Waals surface area (Å²) in [7, 11) is 0. The van der Waals surface area contributed by atoms with Gasteiger partial charge >= 0.3 is 0 Å². The van der Waals surface area contributed by atoms with E-state index in [0.717, 1.165) is 6.42 Å². The summed E-state index contributed by atoms with van der Waals surface area (Å²) < 4.78 is 0. The summed E-state index contributed by atoms with van der Waals surface area (Å²) in [5.74, 6) is 0.316. The van der Waals surface area contributed by atoms with Gasteiger partial charge < -0.3 is 0 Å². The summed E-state index contributed by atoms with van der Waals surface area (Å²) in [5, 5.41) is 0. The Bertz CT molecular complexity index is 506. The Labute approximate surface area is 109 Å². The number of nitrogens with zero attached hydrogens (tertiary/aromatic N) is 1. The van der Waals surface area contributed by atoms with Crippen LogP contribution in [0.3, 0.4) is 0 Å². The molecule has 0 saturated carbocycles. The Morgan fingerprint density at radius 1 is 1.39 bits per heavy atom. The third kappa shape index (κ3) is 2.38. The van der Waals surface area contributed by atoms with Crippen molar-refractivity contribution in [1.29, 1.82) is 0 Å². The third-order valence-corrected chi connectivity index (χ3v) is 3.63. The Morgan fingerprint density at radius 3 is 2.72 bits per heavy atom. The standard InChI is InChI=1S/C16H21NO/c1-5-12(18)9-14-13-6-7-17-10-11(13)8-15(14)16(2,3)4/h6-7,10H,5,8-9H2,1-4H3. The van der Waals surface area contributed by atoms with Crippen LogP contribution in [0.15, 0.2) is 24.0 Å². The van der Waals surface area contributed by atoms with Crippen LogP contribution in [0.5, 0.6) is 0 Å². The van der Waals surface area contributed by atoms with Gasteiger partial charge in [0.15, 0.2) is 0 Å². The van der Waals surface area contributed by atoms with Crippen LogP contribution in [0.2, 0.25) is 0 Å². The molecule has 0 fully saturated rings. The third-order valence-electron chi connectivity index (χ3n) is 3.63. The van der Waals surface area contributed by atoms with Gasteiger partial charge in [-0.1, -0.05) is 33.3 Å². The highest BCUT2D eigenvalue weighted by Gasteiger charge is 2.29. The Hall–Kier alpha value is -1.44. The average molecular weight is 243 g/mol. The minimum atomic E-state index is 0.113. The summed E-state index contributed by atoms with van der Waals surface area (Å²) in [6.07, 6.45) is 5.88. The molecule has 0 spiro atoms. The number of hydrogen-bond donors (Lipinski definition) is 0. The largest absolute Gasteiger partial charge is 0.299 e. The number of pyridine rings is 1. The molecule has 0 unspecified atom stereocenters. The molecule has 0 N–H and O–H groups in total. The van der Waals surface area contributed by atoms with Gasteiger partial charge in [-0.3, -0.25) is 9.78 Å². The van der Waals surface area contributed by atoms with Crippen molar-refractivity contribution < 1.29 is 4.79 Å². The van der Waals surface area contributed by atoms with Gasteiger partial charge in [-0.2, -0.15) is 0 Å². The Kier molecular flexibility index (Phi) is 3.38. The Morgan fingerprint density at radius 2 is 2.11 bits per heavy atom. The molecular formula is C16H21NO. The van der Waals surface area contributed by atoms with Crippen LogP contribution in [-0.4, -0.2) is 10.8 Å². The van der Waals surface area contributed by atoms with E-state index >= 15 is 0 Å². The summed E-state index contributed by atoms with van der Waals surface area (Å²) in [6.45, 7) is 8.59. The zero-order chi connectivity index (χ0) is 13.3. The van der Waals surface area contributed by atoms with Crippen LogP contribution in [0.25, 0.3) is 5.57 Å². The molecule has 1 aliphatic carbocycles. The second kappa shape index (κ2) is 4.68. The first kappa shape index (κ1) is 13.0. The first-order valence-corrected chi connectivity index (χ1v) is 6.61. The van der Waals surface area contributed by atoms with Gasteiger partial charge in [-0.25, -0.2) is 0 Å². The van der Waals surface area contributed by atoms with Crippen molar-refractivity contribution >= 4 is 11.4 Å². The first-order valence-electron chi connectivity index (χ1n) is 6.61. The predicted octanol–water partition coefficient (Wildman–Crippen LogP) is 3.81. The Balaban J connectivity index is 2.46. The second-order valence-corrected chi connectivity index (χ2v) is 5.99. The number of rotatable bonds is 3. The number of Topliss-reactive ketones (excluding diaryl/α,β-unsaturated/α-hetero) is 1. The molecule has 1 aromatic heterocycles. The number of carbonyl (C=O) groups excluding carboxylic acids is 1. The van der Waals surface area contributed by atoms with Gasteiger partial charge in [-0.15, -0.1) is 0 Å². The van der Waals surface area contributed by atoms with Crippen LogP contribution in [0.1, 0.15) is 51.7 Å². The topological polar surface area (TPSA) is 30.0 Å². The van der Waals surface area contributed by atoms with Gasteiger partial charge in [0.2, 0.25) is 0 Å². The zero-order valence-electron chi connectivity index (χ0n) is 11.7. The molecule has 0 radical (unpaired) electrons. The number of aromatic nitrogens is 1. The first-order chi connectivity index (χ1) is 8.43. The zero-order valence-corrected chi connectivity index (χ0v) is 11.7. The number of allylic oxidation sites excluding steroid dienone is 2. The molecule has 1 aromatic rings. The minimum absolute atomic E-state index is 0.113. The fourth-order valence-electron chi connectivity index (χ4n) is 2.56. The molecule has 0 atom stereocenters. The fraction of sp³-hybridized carbons (Fsp3) is 0.500. The van der Waals surface area contributed by atoms with Crippen LogP contribution >= 0.6 is 0 Å². The molecule has 0 saturated heterocycles. The van der Waals surface area contributed by atoms with E-state index < -0.39 is 0 Å². The van der Waals surface area contributed by atoms with E-state index in [1.807, 2.05) is 25.4 Å². The monoisotopic (exact) mass is 243 g/mol.